The van der Waals surface area contributed by atoms with Gasteiger partial charge >= 0.3 is 0 Å². The lowest BCUT2D eigenvalue weighted by molar-refractivity contribution is -0.120. The first-order valence-corrected chi connectivity index (χ1v) is 5.71. The van der Waals surface area contributed by atoms with Crippen molar-refractivity contribution in [2.45, 2.75) is 38.5 Å². The zero-order valence-corrected chi connectivity index (χ0v) is 8.69. The Morgan fingerprint density at radius 3 is 3.00 bits per heavy atom. The minimum absolute atomic E-state index is 0.448. The van der Waals surface area contributed by atoms with Crippen LogP contribution in [0.4, 0.5) is 0 Å². The van der Waals surface area contributed by atoms with Crippen LogP contribution in [0.15, 0.2) is 11.4 Å². The van der Waals surface area contributed by atoms with Gasteiger partial charge in [0.15, 0.2) is 0 Å². The van der Waals surface area contributed by atoms with Crippen LogP contribution in [0, 0.1) is 6.92 Å². The van der Waals surface area contributed by atoms with E-state index in [0.29, 0.717) is 11.7 Å². The highest BCUT2D eigenvalue weighted by Crippen LogP contribution is 2.35. The van der Waals surface area contributed by atoms with Crippen molar-refractivity contribution in [2.24, 2.45) is 0 Å². The molecule has 0 amide bonds. The summed E-state index contributed by atoms with van der Waals surface area (Å²) in [5.41, 5.74) is 1.37. The smallest absolute Gasteiger partial charge is 0.133 e. The van der Waals surface area contributed by atoms with Crippen molar-refractivity contribution in [1.29, 1.82) is 0 Å². The summed E-state index contributed by atoms with van der Waals surface area (Å²) in [5.74, 6) is 0.977. The van der Waals surface area contributed by atoms with Crippen LogP contribution in [0.5, 0.6) is 0 Å². The van der Waals surface area contributed by atoms with E-state index < -0.39 is 0 Å². The molecule has 0 N–H and O–H groups in total. The van der Waals surface area contributed by atoms with E-state index in [1.165, 1.54) is 16.9 Å². The molecule has 0 bridgehead atoms. The molecule has 13 heavy (non-hydrogen) atoms. The van der Waals surface area contributed by atoms with Gasteiger partial charge < -0.3 is 0 Å². The minimum atomic E-state index is 0.448. The lowest BCUT2D eigenvalue weighted by atomic mass is 9.86. The first kappa shape index (κ1) is 8.95. The maximum absolute atomic E-state index is 11.3. The molecule has 0 aliphatic heterocycles. The highest BCUT2D eigenvalue weighted by molar-refractivity contribution is 7.10. The summed E-state index contributed by atoms with van der Waals surface area (Å²) in [5, 5.41) is 2.13. The molecule has 1 fully saturated rings. The molecule has 0 aromatic carbocycles. The van der Waals surface area contributed by atoms with Crippen molar-refractivity contribution in [3.8, 4) is 0 Å². The van der Waals surface area contributed by atoms with Crippen molar-refractivity contribution >= 4 is 17.1 Å². The van der Waals surface area contributed by atoms with Crippen LogP contribution in [-0.2, 0) is 4.79 Å². The number of hydrogen-bond acceptors (Lipinski definition) is 2. The molecule has 1 aromatic heterocycles. The van der Waals surface area contributed by atoms with Gasteiger partial charge in [0.1, 0.15) is 5.78 Å². The molecule has 1 nitrogen and oxygen atoms in total. The zero-order chi connectivity index (χ0) is 9.26. The Hall–Kier alpha value is -0.630. The van der Waals surface area contributed by atoms with Gasteiger partial charge in [0.25, 0.3) is 0 Å². The van der Waals surface area contributed by atoms with Gasteiger partial charge in [-0.05, 0) is 36.8 Å². The van der Waals surface area contributed by atoms with Gasteiger partial charge in [-0.1, -0.05) is 0 Å². The van der Waals surface area contributed by atoms with E-state index in [0.717, 1.165) is 19.3 Å². The lowest BCUT2D eigenvalue weighted by Gasteiger charge is -2.20. The molecule has 1 aromatic rings. The van der Waals surface area contributed by atoms with Gasteiger partial charge in [-0.2, -0.15) is 0 Å². The van der Waals surface area contributed by atoms with Crippen LogP contribution >= 0.6 is 11.3 Å². The average Bonchev–Trinajstić information content (AvgIpc) is 2.51. The number of aryl methyl sites for hydroxylation is 1. The second-order valence-corrected chi connectivity index (χ2v) is 4.75. The van der Waals surface area contributed by atoms with E-state index in [-0.39, 0.29) is 0 Å². The summed E-state index contributed by atoms with van der Waals surface area (Å²) in [7, 11) is 0. The van der Waals surface area contributed by atoms with Gasteiger partial charge in [-0.25, -0.2) is 0 Å². The fourth-order valence-electron chi connectivity index (χ4n) is 2.05. The van der Waals surface area contributed by atoms with Crippen molar-refractivity contribution in [2.75, 3.05) is 0 Å². The van der Waals surface area contributed by atoms with Crippen LogP contribution < -0.4 is 0 Å². The summed E-state index contributed by atoms with van der Waals surface area (Å²) in [6.45, 7) is 2.14. The Morgan fingerprint density at radius 1 is 1.54 bits per heavy atom. The minimum Gasteiger partial charge on any atom is -0.300 e. The van der Waals surface area contributed by atoms with E-state index in [4.69, 9.17) is 0 Å². The standard InChI is InChI=1S/C11H14OS/c1-8-5-6-13-11(8)9-3-2-4-10(12)7-9/h5-6,9H,2-4,7H2,1H3. The maximum Gasteiger partial charge on any atom is 0.133 e. The molecule has 1 unspecified atom stereocenters. The van der Waals surface area contributed by atoms with Gasteiger partial charge in [0.2, 0.25) is 0 Å². The Balaban J connectivity index is 2.17. The number of ketones is 1. The first-order chi connectivity index (χ1) is 6.27. The molecular weight excluding hydrogens is 180 g/mol. The molecule has 2 heteroatoms. The number of rotatable bonds is 1. The normalized spacial score (nSPS) is 23.5. The second kappa shape index (κ2) is 3.62. The Labute approximate surface area is 82.8 Å². The fourth-order valence-corrected chi connectivity index (χ4v) is 3.12. The average molecular weight is 194 g/mol. The van der Waals surface area contributed by atoms with Crippen LogP contribution in [0.2, 0.25) is 0 Å². The van der Waals surface area contributed by atoms with Crippen LogP contribution in [-0.4, -0.2) is 5.78 Å². The lowest BCUT2D eigenvalue weighted by Crippen LogP contribution is -2.12. The van der Waals surface area contributed by atoms with Crippen molar-refractivity contribution in [3.05, 3.63) is 21.9 Å². The van der Waals surface area contributed by atoms with Crippen LogP contribution in [0.3, 0.4) is 0 Å². The molecule has 2 rings (SSSR count). The molecule has 1 atom stereocenters. The summed E-state index contributed by atoms with van der Waals surface area (Å²) < 4.78 is 0. The fraction of sp³-hybridized carbons (Fsp3) is 0.545. The zero-order valence-electron chi connectivity index (χ0n) is 7.88. The SMILES string of the molecule is Cc1ccsc1C1CCCC(=O)C1. The quantitative estimate of drug-likeness (QED) is 0.670. The number of carbonyl (C=O) groups is 1. The summed E-state index contributed by atoms with van der Waals surface area (Å²) in [6, 6.07) is 2.15. The third-order valence-corrected chi connectivity index (χ3v) is 3.94. The van der Waals surface area contributed by atoms with Crippen molar-refractivity contribution < 1.29 is 4.79 Å². The van der Waals surface area contributed by atoms with Crippen molar-refractivity contribution in [1.82, 2.24) is 0 Å². The molecule has 1 aliphatic rings. The molecule has 70 valence electrons. The first-order valence-electron chi connectivity index (χ1n) is 4.83. The Morgan fingerprint density at radius 2 is 2.38 bits per heavy atom. The maximum atomic E-state index is 11.3. The van der Waals surface area contributed by atoms with Gasteiger partial charge in [-0.3, -0.25) is 4.79 Å². The molecule has 0 saturated heterocycles. The summed E-state index contributed by atoms with van der Waals surface area (Å²) in [4.78, 5) is 12.7. The topological polar surface area (TPSA) is 17.1 Å². The van der Waals surface area contributed by atoms with Gasteiger partial charge in [-0.15, -0.1) is 11.3 Å². The second-order valence-electron chi connectivity index (χ2n) is 3.80. The van der Waals surface area contributed by atoms with Gasteiger partial charge in [0, 0.05) is 23.6 Å². The van der Waals surface area contributed by atoms with E-state index >= 15 is 0 Å². The summed E-state index contributed by atoms with van der Waals surface area (Å²) >= 11 is 1.81. The third-order valence-electron chi connectivity index (χ3n) is 2.75. The number of carbonyl (C=O) groups excluding carboxylic acids is 1. The molecule has 0 radical (unpaired) electrons. The van der Waals surface area contributed by atoms with E-state index in [1.54, 1.807) is 11.3 Å². The van der Waals surface area contributed by atoms with Crippen LogP contribution in [0.1, 0.15) is 42.0 Å². The molecule has 1 heterocycles. The van der Waals surface area contributed by atoms with Gasteiger partial charge in [0.05, 0.1) is 0 Å². The highest BCUT2D eigenvalue weighted by Gasteiger charge is 2.22. The number of hydrogen-bond donors (Lipinski definition) is 0. The largest absolute Gasteiger partial charge is 0.300 e. The highest BCUT2D eigenvalue weighted by atomic mass is 32.1. The van der Waals surface area contributed by atoms with E-state index in [1.807, 2.05) is 0 Å². The summed E-state index contributed by atoms with van der Waals surface area (Å²) in [6.07, 6.45) is 3.87. The van der Waals surface area contributed by atoms with E-state index in [9.17, 15) is 4.79 Å². The molecule has 0 spiro atoms. The monoisotopic (exact) mass is 194 g/mol. The molecular formula is C11H14OS. The number of thiophene rings is 1. The molecule has 1 aliphatic carbocycles. The van der Waals surface area contributed by atoms with Crippen LogP contribution in [0.25, 0.3) is 0 Å². The Kier molecular flexibility index (Phi) is 2.49. The molecule has 1 saturated carbocycles. The predicted molar refractivity (Wildman–Crippen MR) is 55.3 cm³/mol. The van der Waals surface area contributed by atoms with E-state index in [2.05, 4.69) is 18.4 Å². The third kappa shape index (κ3) is 1.83. The Bertz CT molecular complexity index is 314. The predicted octanol–water partition coefficient (Wildman–Crippen LogP) is 3.28. The van der Waals surface area contributed by atoms with Crippen molar-refractivity contribution in [3.63, 3.8) is 0 Å². The number of Topliss-reactive ketones (excluding diaryl/α,β-unsaturated/α-hetero) is 1.